The Morgan fingerprint density at radius 3 is 2.38 bits per heavy atom. The van der Waals surface area contributed by atoms with Gasteiger partial charge in [-0.25, -0.2) is 9.59 Å². The number of likely N-dealkylation sites (N-methyl/N-ethyl adjacent to an activating group) is 1. The van der Waals surface area contributed by atoms with Gasteiger partial charge < -0.3 is 56.0 Å². The van der Waals surface area contributed by atoms with Crippen molar-refractivity contribution in [3.05, 3.63) is 59.3 Å². The van der Waals surface area contributed by atoms with Gasteiger partial charge in [0, 0.05) is 11.9 Å². The third-order valence-electron chi connectivity index (χ3n) is 7.52. The van der Waals surface area contributed by atoms with E-state index in [4.69, 9.17) is 30.2 Å². The molecule has 2 amide bonds. The summed E-state index contributed by atoms with van der Waals surface area (Å²) in [6, 6.07) is 10.8. The van der Waals surface area contributed by atoms with E-state index in [1.807, 2.05) is 0 Å². The second kappa shape index (κ2) is 16.1. The van der Waals surface area contributed by atoms with Gasteiger partial charge in [0.25, 0.3) is 0 Å². The van der Waals surface area contributed by atoms with E-state index in [2.05, 4.69) is 64.8 Å². The SMILES string of the molecule is CC(C)(C)c1ccc2c(c1)CC[C@H]2NC(=O)Nc1cccc2c1cnn2C(=O)OCP(=O)(O)O.CNC[C@H](O)[C@@H](O)[C@H](O)[C@H](O)CO. The van der Waals surface area contributed by atoms with Crippen LogP contribution in [0.3, 0.4) is 0 Å². The normalized spacial score (nSPS) is 17.1. The highest BCUT2D eigenvalue weighted by atomic mass is 31.2. The van der Waals surface area contributed by atoms with Crippen molar-refractivity contribution in [2.75, 3.05) is 31.9 Å². The topological polar surface area (TPSA) is 256 Å². The van der Waals surface area contributed by atoms with E-state index in [1.165, 1.54) is 17.3 Å². The first-order valence-corrected chi connectivity index (χ1v) is 16.6. The van der Waals surface area contributed by atoms with Crippen LogP contribution < -0.4 is 16.0 Å². The largest absolute Gasteiger partial charge is 0.435 e. The molecule has 0 bridgehead atoms. The molecule has 1 aliphatic rings. The van der Waals surface area contributed by atoms with Crippen LogP contribution in [0.1, 0.15) is 49.9 Å². The number of rotatable bonds is 10. The van der Waals surface area contributed by atoms with Gasteiger partial charge in [0.15, 0.2) is 6.35 Å². The molecule has 0 radical (unpaired) electrons. The lowest BCUT2D eigenvalue weighted by Crippen LogP contribution is -2.48. The van der Waals surface area contributed by atoms with Gasteiger partial charge in [0.2, 0.25) is 0 Å². The zero-order valence-corrected chi connectivity index (χ0v) is 27.5. The molecule has 47 heavy (non-hydrogen) atoms. The molecular weight excluding hydrogens is 637 g/mol. The van der Waals surface area contributed by atoms with Crippen LogP contribution in [0.25, 0.3) is 10.9 Å². The first kappa shape index (κ1) is 38.0. The molecule has 1 aliphatic carbocycles. The molecule has 260 valence electrons. The molecule has 4 rings (SSSR count). The van der Waals surface area contributed by atoms with Gasteiger partial charge in [-0.1, -0.05) is 45.0 Å². The summed E-state index contributed by atoms with van der Waals surface area (Å²) >= 11 is 0. The van der Waals surface area contributed by atoms with Crippen molar-refractivity contribution in [3.8, 4) is 0 Å². The molecule has 1 heterocycles. The third kappa shape index (κ3) is 10.3. The number of urea groups is 1. The first-order chi connectivity index (χ1) is 22.0. The van der Waals surface area contributed by atoms with Gasteiger partial charge >= 0.3 is 19.7 Å². The minimum Gasteiger partial charge on any atom is -0.435 e. The maximum atomic E-state index is 12.8. The summed E-state index contributed by atoms with van der Waals surface area (Å²) in [7, 11) is -2.93. The number of aliphatic hydroxyl groups is 5. The van der Waals surface area contributed by atoms with Gasteiger partial charge in [-0.2, -0.15) is 9.78 Å². The summed E-state index contributed by atoms with van der Waals surface area (Å²) in [5.41, 5.74) is 4.44. The molecule has 3 aromatic rings. The Kier molecular flexibility index (Phi) is 13.0. The number of hydrogen-bond acceptors (Lipinski definition) is 11. The van der Waals surface area contributed by atoms with Gasteiger partial charge in [-0.05, 0) is 54.1 Å². The molecule has 0 unspecified atom stereocenters. The fourth-order valence-electron chi connectivity index (χ4n) is 4.95. The summed E-state index contributed by atoms with van der Waals surface area (Å²) < 4.78 is 16.5. The fraction of sp³-hybridized carbons (Fsp3) is 0.500. The third-order valence-corrected chi connectivity index (χ3v) is 7.99. The molecule has 0 saturated carbocycles. The van der Waals surface area contributed by atoms with Crippen LogP contribution in [-0.2, 0) is 21.1 Å². The number of ether oxygens (including phenoxy) is 1. The number of carbonyl (C=O) groups excluding carboxylic acids is 2. The minimum absolute atomic E-state index is 0.0588. The number of carbonyl (C=O) groups is 2. The van der Waals surface area contributed by atoms with E-state index >= 15 is 0 Å². The fourth-order valence-corrected chi connectivity index (χ4v) is 5.23. The Balaban J connectivity index is 0.000000392. The summed E-state index contributed by atoms with van der Waals surface area (Å²) in [4.78, 5) is 42.7. The van der Waals surface area contributed by atoms with Crippen LogP contribution in [0, 0.1) is 0 Å². The van der Waals surface area contributed by atoms with Crippen molar-refractivity contribution in [1.82, 2.24) is 20.4 Å². The molecule has 10 N–H and O–H groups in total. The molecule has 1 aromatic heterocycles. The number of aromatic nitrogens is 2. The monoisotopic (exact) mass is 681 g/mol. The predicted octanol–water partition coefficient (Wildman–Crippen LogP) is 0.904. The van der Waals surface area contributed by atoms with Crippen LogP contribution >= 0.6 is 7.60 Å². The van der Waals surface area contributed by atoms with Crippen molar-refractivity contribution in [2.45, 2.75) is 69.5 Å². The maximum absolute atomic E-state index is 12.8. The van der Waals surface area contributed by atoms with Crippen molar-refractivity contribution in [1.29, 1.82) is 0 Å². The van der Waals surface area contributed by atoms with Gasteiger partial charge in [-0.15, -0.1) is 0 Å². The van der Waals surface area contributed by atoms with E-state index < -0.39 is 51.1 Å². The summed E-state index contributed by atoms with van der Waals surface area (Å²) in [6.07, 6.45) is -4.65. The molecule has 0 fully saturated rings. The summed E-state index contributed by atoms with van der Waals surface area (Å²) in [6.45, 7) is 5.95. The number of fused-ring (bicyclic) bond motifs is 2. The van der Waals surface area contributed by atoms with E-state index in [1.54, 1.807) is 25.2 Å². The zero-order valence-electron chi connectivity index (χ0n) is 26.6. The molecule has 2 aromatic carbocycles. The zero-order chi connectivity index (χ0) is 35.1. The number of amides is 2. The van der Waals surface area contributed by atoms with Gasteiger partial charge in [0.1, 0.15) is 18.3 Å². The van der Waals surface area contributed by atoms with Crippen molar-refractivity contribution >= 4 is 36.3 Å². The van der Waals surface area contributed by atoms with Gasteiger partial charge in [-0.3, -0.25) is 4.57 Å². The second-order valence-electron chi connectivity index (χ2n) is 12.2. The number of aliphatic hydroxyl groups excluding tert-OH is 5. The Hall–Kier alpha value is -3.44. The van der Waals surface area contributed by atoms with Crippen molar-refractivity contribution in [2.24, 2.45) is 0 Å². The molecule has 0 spiro atoms. The Morgan fingerprint density at radius 2 is 1.77 bits per heavy atom. The number of anilines is 1. The molecule has 17 heteroatoms. The smallest absolute Gasteiger partial charge is 0.435 e. The van der Waals surface area contributed by atoms with E-state index in [0.717, 1.165) is 23.1 Å². The summed E-state index contributed by atoms with van der Waals surface area (Å²) in [5, 5.41) is 57.7. The standard InChI is InChI=1S/C23H27N4O6P.C7H17NO5/c1-23(2,3)15-8-9-16-14(11-15)7-10-19(16)26-21(28)25-18-5-4-6-20-17(18)12-24-27(20)22(29)33-13-34(30,31)32;1-8-2-4(10)6(12)7(13)5(11)3-9/h4-6,8-9,11-12,19H,7,10,13H2,1-3H3,(H2,25,26,28)(H2,30,31,32);4-13H,2-3H2,1H3/t19-;4-,5+,6+,7+/m10/s1. The van der Waals surface area contributed by atoms with Gasteiger partial charge in [0.05, 0.1) is 36.2 Å². The first-order valence-electron chi connectivity index (χ1n) is 14.8. The van der Waals surface area contributed by atoms with E-state index in [0.29, 0.717) is 16.6 Å². The highest BCUT2D eigenvalue weighted by molar-refractivity contribution is 7.51. The Morgan fingerprint density at radius 1 is 1.09 bits per heavy atom. The number of hydrogen-bond donors (Lipinski definition) is 10. The van der Waals surface area contributed by atoms with Crippen LogP contribution in [0.5, 0.6) is 0 Å². The quantitative estimate of drug-likeness (QED) is 0.134. The average molecular weight is 682 g/mol. The maximum Gasteiger partial charge on any atom is 0.435 e. The van der Waals surface area contributed by atoms with Crippen molar-refractivity contribution < 1.29 is 54.2 Å². The van der Waals surface area contributed by atoms with Crippen molar-refractivity contribution in [3.63, 3.8) is 0 Å². The highest BCUT2D eigenvalue weighted by Crippen LogP contribution is 2.35. The van der Waals surface area contributed by atoms with E-state index in [9.17, 15) is 19.3 Å². The highest BCUT2D eigenvalue weighted by Gasteiger charge is 2.29. The van der Waals surface area contributed by atoms with Crippen LogP contribution in [0.15, 0.2) is 42.6 Å². The predicted molar refractivity (Wildman–Crippen MR) is 172 cm³/mol. The molecule has 0 saturated heterocycles. The molecule has 5 atom stereocenters. The lowest BCUT2D eigenvalue weighted by molar-refractivity contribution is -0.113. The number of aryl methyl sites for hydroxylation is 1. The number of nitrogens with zero attached hydrogens (tertiary/aromatic N) is 2. The minimum atomic E-state index is -4.51. The molecular formula is C30H44N5O11P. The van der Waals surface area contributed by atoms with Crippen LogP contribution in [0.2, 0.25) is 0 Å². The average Bonchev–Trinajstić information content (AvgIpc) is 3.63. The lowest BCUT2D eigenvalue weighted by Gasteiger charge is -2.25. The van der Waals surface area contributed by atoms with E-state index in [-0.39, 0.29) is 24.0 Å². The Labute approximate surface area is 271 Å². The van der Waals surface area contributed by atoms with Crippen LogP contribution in [-0.4, -0.2) is 108 Å². The number of benzene rings is 2. The second-order valence-corrected chi connectivity index (χ2v) is 13.8. The lowest BCUT2D eigenvalue weighted by atomic mass is 9.85. The summed E-state index contributed by atoms with van der Waals surface area (Å²) in [5.74, 6) is 0. The molecule has 16 nitrogen and oxygen atoms in total. The molecule has 0 aliphatic heterocycles. The number of nitrogens with one attached hydrogen (secondary N) is 3. The Bertz CT molecular complexity index is 1570. The van der Waals surface area contributed by atoms with Crippen LogP contribution in [0.4, 0.5) is 15.3 Å².